The molecule has 6 nitrogen and oxygen atoms in total. The number of anilines is 1. The van der Waals surface area contributed by atoms with E-state index in [9.17, 15) is 9.59 Å². The molecule has 3 amide bonds. The van der Waals surface area contributed by atoms with Crippen molar-refractivity contribution in [3.63, 3.8) is 0 Å². The third kappa shape index (κ3) is 4.95. The third-order valence-electron chi connectivity index (χ3n) is 9.25. The van der Waals surface area contributed by atoms with E-state index in [1.807, 2.05) is 0 Å². The van der Waals surface area contributed by atoms with Crippen LogP contribution in [0, 0.1) is 11.8 Å². The number of hydrogen-bond acceptors (Lipinski definition) is 3. The summed E-state index contributed by atoms with van der Waals surface area (Å²) in [5.74, 6) is 0.395. The van der Waals surface area contributed by atoms with E-state index >= 15 is 0 Å². The van der Waals surface area contributed by atoms with E-state index in [0.717, 1.165) is 57.2 Å². The summed E-state index contributed by atoms with van der Waals surface area (Å²) in [6, 6.07) is 19.5. The van der Waals surface area contributed by atoms with Gasteiger partial charge in [0.1, 0.15) is 0 Å². The van der Waals surface area contributed by atoms with E-state index in [0.29, 0.717) is 5.92 Å². The minimum absolute atomic E-state index is 0.0637. The van der Waals surface area contributed by atoms with Crippen LogP contribution in [0.25, 0.3) is 0 Å². The summed E-state index contributed by atoms with van der Waals surface area (Å²) in [4.78, 5) is 29.3. The molecule has 0 bridgehead atoms. The molecule has 6 rings (SSSR count). The highest BCUT2D eigenvalue weighted by atomic mass is 16.2. The zero-order chi connectivity index (χ0) is 25.2. The zero-order valence-electron chi connectivity index (χ0n) is 21.7. The van der Waals surface area contributed by atoms with Gasteiger partial charge < -0.3 is 20.9 Å². The van der Waals surface area contributed by atoms with Crippen molar-refractivity contribution < 1.29 is 9.59 Å². The fourth-order valence-electron chi connectivity index (χ4n) is 7.42. The van der Waals surface area contributed by atoms with Crippen LogP contribution < -0.4 is 16.0 Å². The van der Waals surface area contributed by atoms with Crippen molar-refractivity contribution in [2.24, 2.45) is 11.8 Å². The molecule has 2 aromatic carbocycles. The van der Waals surface area contributed by atoms with Gasteiger partial charge >= 0.3 is 6.03 Å². The van der Waals surface area contributed by atoms with Gasteiger partial charge in [-0.1, -0.05) is 80.6 Å². The van der Waals surface area contributed by atoms with E-state index in [1.165, 1.54) is 30.4 Å². The van der Waals surface area contributed by atoms with Crippen molar-refractivity contribution in [1.82, 2.24) is 15.5 Å². The van der Waals surface area contributed by atoms with E-state index in [2.05, 4.69) is 75.4 Å². The van der Waals surface area contributed by atoms with E-state index < -0.39 is 0 Å². The molecule has 5 atom stereocenters. The van der Waals surface area contributed by atoms with E-state index in [4.69, 9.17) is 0 Å². The first kappa shape index (κ1) is 24.3. The highest BCUT2D eigenvalue weighted by molar-refractivity contribution is 5.83. The lowest BCUT2D eigenvalue weighted by Crippen LogP contribution is -2.53. The van der Waals surface area contributed by atoms with Gasteiger partial charge in [0.15, 0.2) is 0 Å². The molecule has 0 spiro atoms. The SMILES string of the molecule is O=C(NC1CCCCC1)N[C@@H]1CCCC[C@@H]1C(=O)N1CC[C@H]2[C@H](c3ccccc3)Nc3ccccc3[C@@H]21. The predicted molar refractivity (Wildman–Crippen MR) is 146 cm³/mol. The number of hydrogen-bond donors (Lipinski definition) is 3. The normalized spacial score (nSPS) is 29.5. The van der Waals surface area contributed by atoms with Crippen LogP contribution in [0.3, 0.4) is 0 Å². The largest absolute Gasteiger partial charge is 0.378 e. The van der Waals surface area contributed by atoms with Crippen LogP contribution >= 0.6 is 0 Å². The Morgan fingerprint density at radius 2 is 1.51 bits per heavy atom. The summed E-state index contributed by atoms with van der Waals surface area (Å²) in [7, 11) is 0. The lowest BCUT2D eigenvalue weighted by Gasteiger charge is -2.42. The summed E-state index contributed by atoms with van der Waals surface area (Å²) in [5.41, 5.74) is 3.63. The molecule has 2 aliphatic heterocycles. The molecule has 196 valence electrons. The maximum Gasteiger partial charge on any atom is 0.315 e. The molecule has 2 heterocycles. The Morgan fingerprint density at radius 1 is 0.784 bits per heavy atom. The quantitative estimate of drug-likeness (QED) is 0.487. The highest BCUT2D eigenvalue weighted by Gasteiger charge is 2.48. The molecule has 4 aliphatic rings. The first-order chi connectivity index (χ1) is 18.2. The Labute approximate surface area is 220 Å². The molecule has 37 heavy (non-hydrogen) atoms. The molecular formula is C31H40N4O2. The fraction of sp³-hybridized carbons (Fsp3) is 0.548. The van der Waals surface area contributed by atoms with Gasteiger partial charge in [-0.3, -0.25) is 4.79 Å². The first-order valence-electron chi connectivity index (χ1n) is 14.5. The van der Waals surface area contributed by atoms with Gasteiger partial charge in [-0.05, 0) is 49.3 Å². The maximum absolute atomic E-state index is 14.2. The molecule has 2 saturated carbocycles. The van der Waals surface area contributed by atoms with Crippen molar-refractivity contribution in [2.75, 3.05) is 11.9 Å². The topological polar surface area (TPSA) is 73.5 Å². The lowest BCUT2D eigenvalue weighted by molar-refractivity contribution is -0.138. The Morgan fingerprint density at radius 3 is 2.35 bits per heavy atom. The van der Waals surface area contributed by atoms with E-state index in [-0.39, 0.29) is 42.0 Å². The second kappa shape index (κ2) is 10.8. The Bertz CT molecular complexity index is 1100. The molecule has 0 radical (unpaired) electrons. The summed E-state index contributed by atoms with van der Waals surface area (Å²) in [6.07, 6.45) is 10.6. The number of nitrogens with zero attached hydrogens (tertiary/aromatic N) is 1. The number of benzene rings is 2. The van der Waals surface area contributed by atoms with Crippen molar-refractivity contribution in [3.05, 3.63) is 65.7 Å². The predicted octanol–water partition coefficient (Wildman–Crippen LogP) is 5.93. The summed E-state index contributed by atoms with van der Waals surface area (Å²) < 4.78 is 0. The van der Waals surface area contributed by atoms with Gasteiger partial charge in [-0.2, -0.15) is 0 Å². The lowest BCUT2D eigenvalue weighted by atomic mass is 9.79. The molecule has 1 saturated heterocycles. The van der Waals surface area contributed by atoms with Crippen LogP contribution in [0.5, 0.6) is 0 Å². The van der Waals surface area contributed by atoms with Gasteiger partial charge in [0, 0.05) is 30.2 Å². The standard InChI is InChI=1S/C31H40N4O2/c36-30(24-16-8-10-18-27(24)34-31(37)32-22-13-5-2-6-14-22)35-20-19-25-28(21-11-3-1-4-12-21)33-26-17-9-7-15-23(26)29(25)35/h1,3-4,7,9,11-12,15,17,22,24-25,27-29,33H,2,5-6,8,10,13-14,16,18-20H2,(H2,32,34,37)/t24-,25-,27+,28-,29-/m0/s1. The van der Waals surface area contributed by atoms with Crippen LogP contribution in [0.2, 0.25) is 0 Å². The molecule has 0 aromatic heterocycles. The number of carbonyl (C=O) groups excluding carboxylic acids is 2. The van der Waals surface area contributed by atoms with Crippen molar-refractivity contribution in [2.45, 2.75) is 88.4 Å². The van der Waals surface area contributed by atoms with E-state index in [1.54, 1.807) is 0 Å². The number of amides is 3. The smallest absolute Gasteiger partial charge is 0.315 e. The average Bonchev–Trinajstić information content (AvgIpc) is 3.39. The van der Waals surface area contributed by atoms with Crippen LogP contribution in [-0.4, -0.2) is 35.5 Å². The number of fused-ring (bicyclic) bond motifs is 3. The number of nitrogens with one attached hydrogen (secondary N) is 3. The van der Waals surface area contributed by atoms with Gasteiger partial charge in [-0.15, -0.1) is 0 Å². The zero-order valence-corrected chi connectivity index (χ0v) is 21.7. The minimum Gasteiger partial charge on any atom is -0.378 e. The van der Waals surface area contributed by atoms with Crippen molar-refractivity contribution >= 4 is 17.6 Å². The van der Waals surface area contributed by atoms with Gasteiger partial charge in [0.2, 0.25) is 5.91 Å². The molecule has 0 unspecified atom stereocenters. The Kier molecular flexibility index (Phi) is 7.08. The second-order valence-electron chi connectivity index (χ2n) is 11.5. The molecular weight excluding hydrogens is 460 g/mol. The number of carbonyl (C=O) groups is 2. The van der Waals surface area contributed by atoms with Crippen LogP contribution in [-0.2, 0) is 4.79 Å². The summed E-state index contributed by atoms with van der Waals surface area (Å²) in [6.45, 7) is 0.769. The monoisotopic (exact) mass is 500 g/mol. The van der Waals surface area contributed by atoms with Crippen LogP contribution in [0.4, 0.5) is 10.5 Å². The number of para-hydroxylation sites is 1. The molecule has 2 aromatic rings. The van der Waals surface area contributed by atoms with Gasteiger partial charge in [0.05, 0.1) is 18.0 Å². The van der Waals surface area contributed by atoms with Gasteiger partial charge in [0.25, 0.3) is 0 Å². The second-order valence-corrected chi connectivity index (χ2v) is 11.5. The molecule has 6 heteroatoms. The average molecular weight is 501 g/mol. The summed E-state index contributed by atoms with van der Waals surface area (Å²) in [5, 5.41) is 10.2. The van der Waals surface area contributed by atoms with Gasteiger partial charge in [-0.25, -0.2) is 4.79 Å². The molecule has 2 aliphatic carbocycles. The van der Waals surface area contributed by atoms with Crippen LogP contribution in [0.1, 0.15) is 87.4 Å². The Balaban J connectivity index is 1.21. The maximum atomic E-state index is 14.2. The highest BCUT2D eigenvalue weighted by Crippen LogP contribution is 2.51. The minimum atomic E-state index is -0.151. The summed E-state index contributed by atoms with van der Waals surface area (Å²) >= 11 is 0. The number of urea groups is 1. The first-order valence-corrected chi connectivity index (χ1v) is 14.5. The van der Waals surface area contributed by atoms with Crippen LogP contribution in [0.15, 0.2) is 54.6 Å². The van der Waals surface area contributed by atoms with Crippen molar-refractivity contribution in [3.8, 4) is 0 Å². The number of likely N-dealkylation sites (tertiary alicyclic amines) is 1. The van der Waals surface area contributed by atoms with Crippen molar-refractivity contribution in [1.29, 1.82) is 0 Å². The fourth-order valence-corrected chi connectivity index (χ4v) is 7.42. The Hall–Kier alpha value is -3.02. The third-order valence-corrected chi connectivity index (χ3v) is 9.25. The molecule has 3 N–H and O–H groups in total. The number of rotatable bonds is 4. The molecule has 3 fully saturated rings.